The highest BCUT2D eigenvalue weighted by Gasteiger charge is 2.28. The zero-order valence-electron chi connectivity index (χ0n) is 14.7. The number of hydrogen-bond donors (Lipinski definition) is 1. The molecule has 27 heavy (non-hydrogen) atoms. The maximum absolute atomic E-state index is 12.6. The second kappa shape index (κ2) is 7.77. The van der Waals surface area contributed by atoms with Gasteiger partial charge in [0.15, 0.2) is 0 Å². The topological polar surface area (TPSA) is 107 Å². The lowest BCUT2D eigenvalue weighted by atomic mass is 9.81. The standard InChI is InChI=1S/C18H19N5O3S/c1-18(14-24,15-8-4-2-5-9-15)12-13-19-27(25,26)17-20-21-22-23(17)16-10-6-3-7-11-16/h2-11,14,19H,12-13H2,1H3/t18-/m0/s1. The van der Waals surface area contributed by atoms with Crippen LogP contribution in [-0.2, 0) is 20.2 Å². The summed E-state index contributed by atoms with van der Waals surface area (Å²) in [5.74, 6) is 0. The van der Waals surface area contributed by atoms with Crippen LogP contribution in [0.25, 0.3) is 5.69 Å². The molecule has 140 valence electrons. The normalized spacial score (nSPS) is 13.8. The summed E-state index contributed by atoms with van der Waals surface area (Å²) >= 11 is 0. The first kappa shape index (κ1) is 18.9. The molecule has 0 aliphatic heterocycles. The van der Waals surface area contributed by atoms with Crippen LogP contribution in [0.3, 0.4) is 0 Å². The van der Waals surface area contributed by atoms with Crippen LogP contribution in [0.1, 0.15) is 18.9 Å². The number of nitrogens with one attached hydrogen (secondary N) is 1. The molecule has 0 amide bonds. The molecule has 0 spiro atoms. The smallest absolute Gasteiger partial charge is 0.287 e. The van der Waals surface area contributed by atoms with E-state index in [2.05, 4.69) is 20.2 Å². The fourth-order valence-electron chi connectivity index (χ4n) is 2.68. The number of sulfonamides is 1. The predicted molar refractivity (Wildman–Crippen MR) is 98.8 cm³/mol. The van der Waals surface area contributed by atoms with Gasteiger partial charge in [0.2, 0.25) is 0 Å². The van der Waals surface area contributed by atoms with Gasteiger partial charge in [-0.15, -0.1) is 0 Å². The lowest BCUT2D eigenvalue weighted by Gasteiger charge is -2.23. The zero-order chi connectivity index (χ0) is 19.3. The van der Waals surface area contributed by atoms with Crippen molar-refractivity contribution >= 4 is 16.3 Å². The number of nitrogens with zero attached hydrogens (tertiary/aromatic N) is 4. The minimum Gasteiger partial charge on any atom is -0.302 e. The summed E-state index contributed by atoms with van der Waals surface area (Å²) in [5.41, 5.74) is 0.563. The average molecular weight is 385 g/mol. The number of para-hydroxylation sites is 1. The van der Waals surface area contributed by atoms with Gasteiger partial charge in [0.25, 0.3) is 15.2 Å². The van der Waals surface area contributed by atoms with Crippen LogP contribution < -0.4 is 4.72 Å². The number of carbonyl (C=O) groups is 1. The van der Waals surface area contributed by atoms with Crippen molar-refractivity contribution in [2.24, 2.45) is 0 Å². The second-order valence-electron chi connectivity index (χ2n) is 6.26. The third-order valence-electron chi connectivity index (χ3n) is 4.31. The average Bonchev–Trinajstić information content (AvgIpc) is 3.20. The van der Waals surface area contributed by atoms with Crippen molar-refractivity contribution in [1.29, 1.82) is 0 Å². The quantitative estimate of drug-likeness (QED) is 0.589. The second-order valence-corrected chi connectivity index (χ2v) is 7.92. The van der Waals surface area contributed by atoms with Crippen molar-refractivity contribution in [3.8, 4) is 5.69 Å². The van der Waals surface area contributed by atoms with E-state index < -0.39 is 15.4 Å². The maximum atomic E-state index is 12.6. The van der Waals surface area contributed by atoms with Gasteiger partial charge in [-0.05, 0) is 41.5 Å². The summed E-state index contributed by atoms with van der Waals surface area (Å²) in [7, 11) is -3.95. The Morgan fingerprint density at radius 1 is 1.07 bits per heavy atom. The van der Waals surface area contributed by atoms with Gasteiger partial charge in [0.05, 0.1) is 5.69 Å². The number of hydrogen-bond acceptors (Lipinski definition) is 6. The highest BCUT2D eigenvalue weighted by Crippen LogP contribution is 2.25. The molecule has 3 aromatic rings. The molecule has 1 heterocycles. The van der Waals surface area contributed by atoms with Gasteiger partial charge in [-0.3, -0.25) is 0 Å². The molecule has 0 radical (unpaired) electrons. The van der Waals surface area contributed by atoms with Crippen molar-refractivity contribution in [2.45, 2.75) is 23.9 Å². The minimum atomic E-state index is -3.95. The Morgan fingerprint density at radius 2 is 1.70 bits per heavy atom. The number of aromatic nitrogens is 4. The van der Waals surface area contributed by atoms with Gasteiger partial charge >= 0.3 is 0 Å². The molecule has 0 aliphatic carbocycles. The number of tetrazole rings is 1. The van der Waals surface area contributed by atoms with E-state index in [4.69, 9.17) is 0 Å². The summed E-state index contributed by atoms with van der Waals surface area (Å²) in [5, 5.41) is 10.6. The van der Waals surface area contributed by atoms with E-state index in [0.29, 0.717) is 12.1 Å². The highest BCUT2D eigenvalue weighted by atomic mass is 32.2. The van der Waals surface area contributed by atoms with Crippen LogP contribution in [0, 0.1) is 0 Å². The molecule has 3 rings (SSSR count). The minimum absolute atomic E-state index is 0.0636. The molecule has 8 nitrogen and oxygen atoms in total. The van der Waals surface area contributed by atoms with Crippen LogP contribution in [-0.4, -0.2) is 41.5 Å². The van der Waals surface area contributed by atoms with E-state index in [1.54, 1.807) is 31.2 Å². The molecule has 0 aliphatic rings. The van der Waals surface area contributed by atoms with Gasteiger partial charge in [-0.2, -0.15) is 4.68 Å². The number of rotatable bonds is 8. The van der Waals surface area contributed by atoms with Crippen molar-refractivity contribution in [2.75, 3.05) is 6.54 Å². The van der Waals surface area contributed by atoms with Gasteiger partial charge in [0, 0.05) is 12.0 Å². The zero-order valence-corrected chi connectivity index (χ0v) is 15.5. The Labute approximate surface area is 157 Å². The molecule has 0 unspecified atom stereocenters. The molecule has 9 heteroatoms. The first-order chi connectivity index (χ1) is 13.0. The van der Waals surface area contributed by atoms with Crippen molar-refractivity contribution < 1.29 is 13.2 Å². The third kappa shape index (κ3) is 4.09. The Kier molecular flexibility index (Phi) is 5.43. The van der Waals surface area contributed by atoms with E-state index in [1.807, 2.05) is 36.4 Å². The highest BCUT2D eigenvalue weighted by molar-refractivity contribution is 7.89. The SMILES string of the molecule is C[C@@](C=O)(CCNS(=O)(=O)c1nnnn1-c1ccccc1)c1ccccc1. The van der Waals surface area contributed by atoms with E-state index in [0.717, 1.165) is 16.5 Å². The molecule has 1 atom stereocenters. The molecular weight excluding hydrogens is 366 g/mol. The molecular formula is C18H19N5O3S. The summed E-state index contributed by atoms with van der Waals surface area (Å²) < 4.78 is 28.9. The van der Waals surface area contributed by atoms with Gasteiger partial charge in [-0.1, -0.05) is 53.6 Å². The molecule has 2 aromatic carbocycles. The van der Waals surface area contributed by atoms with Crippen LogP contribution >= 0.6 is 0 Å². The molecule has 0 bridgehead atoms. The van der Waals surface area contributed by atoms with Crippen molar-refractivity contribution in [1.82, 2.24) is 24.9 Å². The predicted octanol–water partition coefficient (Wildman–Crippen LogP) is 1.49. The first-order valence-electron chi connectivity index (χ1n) is 8.32. The monoisotopic (exact) mass is 385 g/mol. The maximum Gasteiger partial charge on any atom is 0.287 e. The van der Waals surface area contributed by atoms with Crippen LogP contribution in [0.5, 0.6) is 0 Å². The fraction of sp³-hybridized carbons (Fsp3) is 0.222. The Hall–Kier alpha value is -2.91. The van der Waals surface area contributed by atoms with Crippen molar-refractivity contribution in [3.05, 3.63) is 66.2 Å². The molecule has 0 fully saturated rings. The van der Waals surface area contributed by atoms with Crippen LogP contribution in [0.2, 0.25) is 0 Å². The van der Waals surface area contributed by atoms with E-state index >= 15 is 0 Å². The summed E-state index contributed by atoms with van der Waals surface area (Å²) in [6, 6.07) is 18.0. The summed E-state index contributed by atoms with van der Waals surface area (Å²) in [6.07, 6.45) is 1.14. The first-order valence-corrected chi connectivity index (χ1v) is 9.80. The van der Waals surface area contributed by atoms with Crippen LogP contribution in [0.15, 0.2) is 65.8 Å². The number of carbonyl (C=O) groups excluding carboxylic acids is 1. The van der Waals surface area contributed by atoms with Gasteiger partial charge in [-0.25, -0.2) is 13.1 Å². The van der Waals surface area contributed by atoms with Gasteiger partial charge in [0.1, 0.15) is 6.29 Å². The molecule has 1 aromatic heterocycles. The summed E-state index contributed by atoms with van der Waals surface area (Å²) in [4.78, 5) is 11.6. The number of aldehydes is 1. The molecule has 0 saturated heterocycles. The third-order valence-corrected chi connectivity index (χ3v) is 5.63. The Bertz CT molecular complexity index is 1010. The van der Waals surface area contributed by atoms with Crippen LogP contribution in [0.4, 0.5) is 0 Å². The lowest BCUT2D eigenvalue weighted by molar-refractivity contribution is -0.112. The summed E-state index contributed by atoms with van der Waals surface area (Å²) in [6.45, 7) is 1.84. The Balaban J connectivity index is 1.75. The molecule has 1 N–H and O–H groups in total. The van der Waals surface area contributed by atoms with E-state index in [9.17, 15) is 13.2 Å². The lowest BCUT2D eigenvalue weighted by Crippen LogP contribution is -2.33. The largest absolute Gasteiger partial charge is 0.302 e. The van der Waals surface area contributed by atoms with Gasteiger partial charge < -0.3 is 4.79 Å². The van der Waals surface area contributed by atoms with Crippen molar-refractivity contribution in [3.63, 3.8) is 0 Å². The van der Waals surface area contributed by atoms with E-state index in [-0.39, 0.29) is 11.7 Å². The molecule has 0 saturated carbocycles. The number of benzene rings is 2. The fourth-order valence-corrected chi connectivity index (χ4v) is 3.69. The Morgan fingerprint density at radius 3 is 2.33 bits per heavy atom. The van der Waals surface area contributed by atoms with E-state index in [1.165, 1.54) is 0 Å².